The van der Waals surface area contributed by atoms with Crippen molar-refractivity contribution >= 4 is 51.1 Å². The highest BCUT2D eigenvalue weighted by Crippen LogP contribution is 2.25. The van der Waals surface area contributed by atoms with E-state index >= 15 is 0 Å². The number of benzene rings is 3. The summed E-state index contributed by atoms with van der Waals surface area (Å²) in [6.45, 7) is 6.47. The summed E-state index contributed by atoms with van der Waals surface area (Å²) in [6.07, 6.45) is 0. The summed E-state index contributed by atoms with van der Waals surface area (Å²) in [7, 11) is 9.77. The molecule has 32 heavy (non-hydrogen) atoms. The van der Waals surface area contributed by atoms with Gasteiger partial charge in [0.15, 0.2) is 0 Å². The van der Waals surface area contributed by atoms with Crippen LogP contribution in [0, 0.1) is 20.8 Å². The Hall–Kier alpha value is -2.43. The third-order valence-corrected chi connectivity index (χ3v) is 11.5. The normalized spacial score (nSPS) is 11.4. The van der Waals surface area contributed by atoms with Gasteiger partial charge in [0.2, 0.25) is 7.38 Å². The number of nitrogens with zero attached hydrogens (tertiary/aromatic N) is 3. The van der Waals surface area contributed by atoms with Gasteiger partial charge in [-0.2, -0.15) is 0 Å². The van der Waals surface area contributed by atoms with Crippen molar-refractivity contribution in [3.63, 3.8) is 0 Å². The SMILES string of the molecule is Cc1ccc([Si](Cl)(c2ccc(C)c(N(C)C)c2)c2ccc(C)c(N(C)C)c2)cc1N(C)C. The lowest BCUT2D eigenvalue weighted by molar-refractivity contribution is 1.11. The maximum atomic E-state index is 7.89. The first-order valence-electron chi connectivity index (χ1n) is 11.0. The Morgan fingerprint density at radius 2 is 0.750 bits per heavy atom. The number of anilines is 3. The fourth-order valence-corrected chi connectivity index (χ4v) is 8.42. The first-order chi connectivity index (χ1) is 15.0. The van der Waals surface area contributed by atoms with E-state index in [0.29, 0.717) is 0 Å². The Kier molecular flexibility index (Phi) is 6.96. The minimum atomic E-state index is -2.79. The van der Waals surface area contributed by atoms with Crippen molar-refractivity contribution < 1.29 is 0 Å². The number of rotatable bonds is 6. The summed E-state index contributed by atoms with van der Waals surface area (Å²) < 4.78 is 0. The Morgan fingerprint density at radius 3 is 0.969 bits per heavy atom. The lowest BCUT2D eigenvalue weighted by Gasteiger charge is -2.31. The molecule has 0 N–H and O–H groups in total. The Bertz CT molecular complexity index is 982. The van der Waals surface area contributed by atoms with Crippen LogP contribution in [0.4, 0.5) is 17.1 Å². The molecule has 0 aliphatic heterocycles. The summed E-state index contributed by atoms with van der Waals surface area (Å²) in [5, 5.41) is 3.61. The average molecular weight is 466 g/mol. The molecule has 0 aliphatic rings. The van der Waals surface area contributed by atoms with Crippen molar-refractivity contribution in [2.24, 2.45) is 0 Å². The molecular formula is C27H36ClN3Si. The van der Waals surface area contributed by atoms with Gasteiger partial charge in [-0.3, -0.25) is 0 Å². The van der Waals surface area contributed by atoms with E-state index in [0.717, 1.165) is 0 Å². The van der Waals surface area contributed by atoms with E-state index in [1.54, 1.807) is 0 Å². The van der Waals surface area contributed by atoms with Crippen LogP contribution in [0.5, 0.6) is 0 Å². The van der Waals surface area contributed by atoms with E-state index in [2.05, 4.69) is 132 Å². The van der Waals surface area contributed by atoms with Crippen molar-refractivity contribution in [3.05, 3.63) is 71.3 Å². The zero-order valence-corrected chi connectivity index (χ0v) is 22.7. The molecule has 3 rings (SSSR count). The Balaban J connectivity index is 2.36. The molecule has 170 valence electrons. The average Bonchev–Trinajstić information content (AvgIpc) is 2.73. The van der Waals surface area contributed by atoms with Crippen molar-refractivity contribution in [3.8, 4) is 0 Å². The maximum absolute atomic E-state index is 7.89. The van der Waals surface area contributed by atoms with Gasteiger partial charge in [-0.05, 0) is 71.2 Å². The van der Waals surface area contributed by atoms with Crippen LogP contribution in [0.25, 0.3) is 0 Å². The molecule has 0 fully saturated rings. The molecule has 3 nitrogen and oxygen atoms in total. The second kappa shape index (κ2) is 9.20. The summed E-state index contributed by atoms with van der Waals surface area (Å²) in [5.74, 6) is 0. The van der Waals surface area contributed by atoms with Crippen molar-refractivity contribution in [1.29, 1.82) is 0 Å². The summed E-state index contributed by atoms with van der Waals surface area (Å²) in [4.78, 5) is 6.52. The third-order valence-electron chi connectivity index (χ3n) is 6.27. The van der Waals surface area contributed by atoms with E-state index in [9.17, 15) is 0 Å². The molecule has 0 atom stereocenters. The second-order valence-electron chi connectivity index (χ2n) is 9.35. The van der Waals surface area contributed by atoms with Crippen molar-refractivity contribution in [2.75, 3.05) is 57.0 Å². The van der Waals surface area contributed by atoms with Crippen molar-refractivity contribution in [1.82, 2.24) is 0 Å². The van der Waals surface area contributed by atoms with Gasteiger partial charge >= 0.3 is 0 Å². The monoisotopic (exact) mass is 465 g/mol. The zero-order chi connectivity index (χ0) is 23.8. The molecule has 3 aromatic rings. The van der Waals surface area contributed by atoms with Crippen LogP contribution in [-0.2, 0) is 0 Å². The van der Waals surface area contributed by atoms with Gasteiger partial charge in [0, 0.05) is 59.3 Å². The summed E-state index contributed by atoms with van der Waals surface area (Å²) in [6, 6.07) is 20.2. The van der Waals surface area contributed by atoms with Crippen LogP contribution in [0.2, 0.25) is 0 Å². The fourth-order valence-electron chi connectivity index (χ4n) is 4.42. The van der Waals surface area contributed by atoms with E-state index in [-0.39, 0.29) is 0 Å². The third kappa shape index (κ3) is 4.39. The van der Waals surface area contributed by atoms with Gasteiger partial charge in [-0.25, -0.2) is 0 Å². The quantitative estimate of drug-likeness (QED) is 0.309. The van der Waals surface area contributed by atoms with Crippen molar-refractivity contribution in [2.45, 2.75) is 20.8 Å². The molecule has 0 aliphatic carbocycles. The van der Waals surface area contributed by atoms with Crippen LogP contribution in [0.15, 0.2) is 54.6 Å². The molecule has 0 saturated carbocycles. The number of halogens is 1. The first-order valence-corrected chi connectivity index (χ1v) is 14.0. The molecule has 0 heterocycles. The minimum absolute atomic E-state index is 1.20. The fraction of sp³-hybridized carbons (Fsp3) is 0.333. The number of hydrogen-bond donors (Lipinski definition) is 0. The topological polar surface area (TPSA) is 9.72 Å². The highest BCUT2D eigenvalue weighted by molar-refractivity contribution is 7.40. The van der Waals surface area contributed by atoms with E-state index < -0.39 is 7.38 Å². The molecule has 0 radical (unpaired) electrons. The molecule has 0 unspecified atom stereocenters. The molecular weight excluding hydrogens is 430 g/mol. The molecule has 0 amide bonds. The Morgan fingerprint density at radius 1 is 0.500 bits per heavy atom. The molecule has 0 spiro atoms. The first kappa shape index (κ1) is 24.2. The van der Waals surface area contributed by atoms with Crippen LogP contribution in [0.3, 0.4) is 0 Å². The zero-order valence-electron chi connectivity index (χ0n) is 20.9. The minimum Gasteiger partial charge on any atom is -0.377 e. The van der Waals surface area contributed by atoms with Gasteiger partial charge in [-0.1, -0.05) is 36.4 Å². The highest BCUT2D eigenvalue weighted by atomic mass is 35.6. The summed E-state index contributed by atoms with van der Waals surface area (Å²) >= 11 is 7.89. The van der Waals surface area contributed by atoms with Gasteiger partial charge in [0.25, 0.3) is 0 Å². The van der Waals surface area contributed by atoms with Crippen LogP contribution < -0.4 is 30.3 Å². The van der Waals surface area contributed by atoms with Gasteiger partial charge in [0.05, 0.1) is 0 Å². The maximum Gasteiger partial charge on any atom is 0.248 e. The van der Waals surface area contributed by atoms with Gasteiger partial charge in [-0.15, -0.1) is 11.1 Å². The number of hydrogen-bond acceptors (Lipinski definition) is 3. The van der Waals surface area contributed by atoms with Crippen LogP contribution >= 0.6 is 11.1 Å². The van der Waals surface area contributed by atoms with Crippen LogP contribution in [-0.4, -0.2) is 49.7 Å². The summed E-state index contributed by atoms with van der Waals surface area (Å²) in [5.41, 5.74) is 7.38. The van der Waals surface area contributed by atoms with Crippen LogP contribution in [0.1, 0.15) is 16.7 Å². The second-order valence-corrected chi connectivity index (χ2v) is 14.1. The van der Waals surface area contributed by atoms with Gasteiger partial charge < -0.3 is 14.7 Å². The van der Waals surface area contributed by atoms with E-state index in [1.807, 2.05) is 0 Å². The number of aryl methyl sites for hydroxylation is 3. The molecule has 3 aromatic carbocycles. The molecule has 5 heteroatoms. The molecule has 0 aromatic heterocycles. The van der Waals surface area contributed by atoms with Gasteiger partial charge in [0.1, 0.15) is 0 Å². The predicted molar refractivity (Wildman–Crippen MR) is 147 cm³/mol. The predicted octanol–water partition coefficient (Wildman–Crippen LogP) is 4.02. The highest BCUT2D eigenvalue weighted by Gasteiger charge is 2.39. The molecule has 0 saturated heterocycles. The van der Waals surface area contributed by atoms with E-state index in [4.69, 9.17) is 11.1 Å². The molecule has 0 bridgehead atoms. The standard InChI is InChI=1S/C27H36ClN3Si/c1-19-10-13-22(16-25(19)29(4)5)32(28,23-14-11-20(2)26(17-23)30(6)7)24-15-12-21(3)27(18-24)31(8)9/h10-18H,1-9H3. The Labute approximate surface area is 199 Å². The smallest absolute Gasteiger partial charge is 0.248 e. The van der Waals surface area contributed by atoms with E-state index in [1.165, 1.54) is 49.3 Å². The lowest BCUT2D eigenvalue weighted by Crippen LogP contribution is -2.63. The lowest BCUT2D eigenvalue weighted by atomic mass is 10.2. The largest absolute Gasteiger partial charge is 0.377 e.